The Morgan fingerprint density at radius 2 is 2.25 bits per heavy atom. The second-order valence-corrected chi connectivity index (χ2v) is 8.81. The van der Waals surface area contributed by atoms with Crippen molar-refractivity contribution in [3.8, 4) is 6.07 Å². The number of rotatable bonds is 6. The molecule has 0 amide bonds. The van der Waals surface area contributed by atoms with Gasteiger partial charge in [-0.1, -0.05) is 6.07 Å². The Balaban J connectivity index is 1.62. The summed E-state index contributed by atoms with van der Waals surface area (Å²) in [6, 6.07) is 5.52. The molecule has 1 saturated heterocycles. The van der Waals surface area contributed by atoms with E-state index in [0.717, 1.165) is 5.56 Å². The predicted molar refractivity (Wildman–Crippen MR) is 101 cm³/mol. The standard InChI is InChI=1S/C18H19N5O4S/c1-12-2-3-15(17-16(12)13(4-19)5-20-17)22-28(25,26)14-6-21-23(7-14)8-18(9-24)10-27-11-18/h2-3,5-7,20,22,24H,8-11H2,1H3. The quantitative estimate of drug-likeness (QED) is 0.571. The van der Waals surface area contributed by atoms with Gasteiger partial charge >= 0.3 is 0 Å². The van der Waals surface area contributed by atoms with Gasteiger partial charge in [-0.2, -0.15) is 10.4 Å². The van der Waals surface area contributed by atoms with Crippen LogP contribution in [0.5, 0.6) is 0 Å². The molecule has 146 valence electrons. The number of nitrogens with zero attached hydrogens (tertiary/aromatic N) is 3. The molecule has 1 fully saturated rings. The molecular formula is C18H19N5O4S. The van der Waals surface area contributed by atoms with E-state index < -0.39 is 15.4 Å². The Morgan fingerprint density at radius 3 is 2.89 bits per heavy atom. The second kappa shape index (κ2) is 6.63. The Labute approximate surface area is 161 Å². The third-order valence-electron chi connectivity index (χ3n) is 4.98. The van der Waals surface area contributed by atoms with Gasteiger partial charge in [0, 0.05) is 17.8 Å². The van der Waals surface area contributed by atoms with Gasteiger partial charge in [-0.15, -0.1) is 0 Å². The molecule has 0 aliphatic carbocycles. The zero-order valence-electron chi connectivity index (χ0n) is 15.1. The Bertz CT molecular complexity index is 1180. The van der Waals surface area contributed by atoms with Crippen molar-refractivity contribution >= 4 is 26.6 Å². The zero-order valence-corrected chi connectivity index (χ0v) is 16.0. The highest BCUT2D eigenvalue weighted by Gasteiger charge is 2.39. The van der Waals surface area contributed by atoms with E-state index in [1.165, 1.54) is 17.1 Å². The summed E-state index contributed by atoms with van der Waals surface area (Å²) >= 11 is 0. The maximum atomic E-state index is 12.8. The van der Waals surface area contributed by atoms with Gasteiger partial charge in [0.1, 0.15) is 11.0 Å². The summed E-state index contributed by atoms with van der Waals surface area (Å²) in [6.07, 6.45) is 4.26. The van der Waals surface area contributed by atoms with Crippen molar-refractivity contribution in [2.75, 3.05) is 24.5 Å². The lowest BCUT2D eigenvalue weighted by Crippen LogP contribution is -2.48. The first kappa shape index (κ1) is 18.5. The predicted octanol–water partition coefficient (Wildman–Crippen LogP) is 1.35. The van der Waals surface area contributed by atoms with Crippen LogP contribution in [0.2, 0.25) is 0 Å². The van der Waals surface area contributed by atoms with E-state index in [2.05, 4.69) is 20.9 Å². The normalized spacial score (nSPS) is 15.9. The largest absolute Gasteiger partial charge is 0.396 e. The summed E-state index contributed by atoms with van der Waals surface area (Å²) in [4.78, 5) is 2.99. The van der Waals surface area contributed by atoms with Crippen LogP contribution in [0.4, 0.5) is 5.69 Å². The third-order valence-corrected chi connectivity index (χ3v) is 6.30. The van der Waals surface area contributed by atoms with Crippen molar-refractivity contribution in [2.45, 2.75) is 18.4 Å². The van der Waals surface area contributed by atoms with Crippen LogP contribution in [0.15, 0.2) is 35.6 Å². The van der Waals surface area contributed by atoms with Crippen LogP contribution in [0.3, 0.4) is 0 Å². The van der Waals surface area contributed by atoms with Gasteiger partial charge in [-0.3, -0.25) is 9.40 Å². The van der Waals surface area contributed by atoms with E-state index in [1.54, 1.807) is 18.3 Å². The minimum Gasteiger partial charge on any atom is -0.396 e. The number of aliphatic hydroxyl groups is 1. The Hall–Kier alpha value is -2.87. The van der Waals surface area contributed by atoms with Crippen LogP contribution >= 0.6 is 0 Å². The smallest absolute Gasteiger partial charge is 0.265 e. The fourth-order valence-corrected chi connectivity index (χ4v) is 4.36. The molecule has 1 aromatic carbocycles. The molecule has 10 heteroatoms. The number of hydrogen-bond acceptors (Lipinski definition) is 6. The van der Waals surface area contributed by atoms with Crippen molar-refractivity contribution in [1.29, 1.82) is 5.26 Å². The first-order valence-electron chi connectivity index (χ1n) is 8.62. The van der Waals surface area contributed by atoms with Crippen molar-refractivity contribution < 1.29 is 18.3 Å². The number of anilines is 1. The molecule has 1 aliphatic heterocycles. The molecule has 0 bridgehead atoms. The van der Waals surface area contributed by atoms with Crippen LogP contribution in [0.25, 0.3) is 10.9 Å². The number of ether oxygens (including phenoxy) is 1. The number of aliphatic hydroxyl groups excluding tert-OH is 1. The van der Waals surface area contributed by atoms with E-state index in [0.29, 0.717) is 41.9 Å². The van der Waals surface area contributed by atoms with Crippen molar-refractivity contribution in [3.05, 3.63) is 41.9 Å². The summed E-state index contributed by atoms with van der Waals surface area (Å²) in [6.45, 7) is 3.01. The number of aryl methyl sites for hydroxylation is 1. The maximum Gasteiger partial charge on any atom is 0.265 e. The third kappa shape index (κ3) is 3.03. The van der Waals surface area contributed by atoms with E-state index >= 15 is 0 Å². The van der Waals surface area contributed by atoms with Crippen LogP contribution < -0.4 is 4.72 Å². The Kier molecular flexibility index (Phi) is 4.38. The van der Waals surface area contributed by atoms with Crippen LogP contribution in [-0.4, -0.2) is 48.1 Å². The highest BCUT2D eigenvalue weighted by molar-refractivity contribution is 7.92. The number of nitriles is 1. The molecule has 9 nitrogen and oxygen atoms in total. The van der Waals surface area contributed by atoms with Crippen LogP contribution in [0, 0.1) is 23.7 Å². The molecular weight excluding hydrogens is 382 g/mol. The average Bonchev–Trinajstić information content (AvgIpc) is 3.28. The van der Waals surface area contributed by atoms with Gasteiger partial charge in [-0.25, -0.2) is 8.42 Å². The number of H-pyrrole nitrogens is 1. The molecule has 0 atom stereocenters. The van der Waals surface area contributed by atoms with Gasteiger partial charge in [0.15, 0.2) is 0 Å². The monoisotopic (exact) mass is 401 g/mol. The molecule has 1 aliphatic rings. The molecule has 4 rings (SSSR count). The average molecular weight is 401 g/mol. The van der Waals surface area contributed by atoms with Gasteiger partial charge in [-0.05, 0) is 18.6 Å². The minimum atomic E-state index is -3.88. The summed E-state index contributed by atoms with van der Waals surface area (Å²) in [5.41, 5.74) is 1.83. The van der Waals surface area contributed by atoms with Crippen LogP contribution in [-0.2, 0) is 21.3 Å². The molecule has 3 aromatic rings. The lowest BCUT2D eigenvalue weighted by Gasteiger charge is -2.39. The van der Waals surface area contributed by atoms with E-state index in [1.807, 2.05) is 6.92 Å². The topological polar surface area (TPSA) is 133 Å². The Morgan fingerprint density at radius 1 is 1.46 bits per heavy atom. The second-order valence-electron chi connectivity index (χ2n) is 7.12. The number of fused-ring (bicyclic) bond motifs is 1. The zero-order chi connectivity index (χ0) is 19.9. The van der Waals surface area contributed by atoms with E-state index in [-0.39, 0.29) is 11.5 Å². The fourth-order valence-electron chi connectivity index (χ4n) is 3.33. The summed E-state index contributed by atoms with van der Waals surface area (Å²) in [5.74, 6) is 0. The molecule has 3 N–H and O–H groups in total. The number of aromatic amines is 1. The number of aromatic nitrogens is 3. The van der Waals surface area contributed by atoms with Crippen LogP contribution in [0.1, 0.15) is 11.1 Å². The SMILES string of the molecule is Cc1ccc(NS(=O)(=O)c2cnn(CC3(CO)COC3)c2)c2[nH]cc(C#N)c12. The number of hydrogen-bond donors (Lipinski definition) is 3. The van der Waals surface area contributed by atoms with Gasteiger partial charge < -0.3 is 14.8 Å². The first-order chi connectivity index (χ1) is 13.4. The van der Waals surface area contributed by atoms with Gasteiger partial charge in [0.2, 0.25) is 0 Å². The molecule has 2 aromatic heterocycles. The van der Waals surface area contributed by atoms with E-state index in [9.17, 15) is 18.8 Å². The molecule has 0 unspecified atom stereocenters. The molecule has 0 spiro atoms. The van der Waals surface area contributed by atoms with Crippen molar-refractivity contribution in [1.82, 2.24) is 14.8 Å². The van der Waals surface area contributed by atoms with Crippen molar-refractivity contribution in [2.24, 2.45) is 5.41 Å². The molecule has 3 heterocycles. The molecule has 0 radical (unpaired) electrons. The molecule has 28 heavy (non-hydrogen) atoms. The number of sulfonamides is 1. The number of benzene rings is 1. The summed E-state index contributed by atoms with van der Waals surface area (Å²) < 4.78 is 34.9. The highest BCUT2D eigenvalue weighted by atomic mass is 32.2. The van der Waals surface area contributed by atoms with Crippen molar-refractivity contribution in [3.63, 3.8) is 0 Å². The van der Waals surface area contributed by atoms with Gasteiger partial charge in [0.25, 0.3) is 10.0 Å². The fraction of sp³-hybridized carbons (Fsp3) is 0.333. The lowest BCUT2D eigenvalue weighted by atomic mass is 9.87. The summed E-state index contributed by atoms with van der Waals surface area (Å²) in [5, 5.41) is 23.6. The first-order valence-corrected chi connectivity index (χ1v) is 10.1. The lowest BCUT2D eigenvalue weighted by molar-refractivity contribution is -0.146. The van der Waals surface area contributed by atoms with E-state index in [4.69, 9.17) is 4.74 Å². The number of nitrogens with one attached hydrogen (secondary N) is 2. The summed E-state index contributed by atoms with van der Waals surface area (Å²) in [7, 11) is -3.88. The highest BCUT2D eigenvalue weighted by Crippen LogP contribution is 2.31. The van der Waals surface area contributed by atoms with Gasteiger partial charge in [0.05, 0.1) is 54.7 Å². The molecule has 0 saturated carbocycles. The maximum absolute atomic E-state index is 12.8. The minimum absolute atomic E-state index is 0.0154.